The van der Waals surface area contributed by atoms with Crippen LogP contribution in [0.25, 0.3) is 0 Å². The van der Waals surface area contributed by atoms with Gasteiger partial charge in [-0.1, -0.05) is 29.5 Å². The van der Waals surface area contributed by atoms with Crippen molar-refractivity contribution in [2.75, 3.05) is 19.0 Å². The summed E-state index contributed by atoms with van der Waals surface area (Å²) in [7, 11) is 1.01. The number of thiophene rings is 1. The minimum absolute atomic E-state index is 0.0930. The number of carbonyl (C=O) groups excluding carboxylic acids is 4. The zero-order chi connectivity index (χ0) is 27.2. The predicted octanol–water partition coefficient (Wildman–Crippen LogP) is 2.81. The number of halogens is 3. The van der Waals surface area contributed by atoms with Crippen LogP contribution in [-0.4, -0.2) is 53.5 Å². The molecule has 2 heterocycles. The largest absolute Gasteiger partial charge is 0.508 e. The highest BCUT2D eigenvalue weighted by atomic mass is 32.1. The number of anilines is 1. The summed E-state index contributed by atoms with van der Waals surface area (Å²) < 4.78 is 45.4. The summed E-state index contributed by atoms with van der Waals surface area (Å²) in [6, 6.07) is 7.37. The molecule has 0 aliphatic carbocycles. The Kier molecular flexibility index (Phi) is 8.83. The quantitative estimate of drug-likeness (QED) is 0.297. The molecule has 1 atom stereocenters. The smallest absolute Gasteiger partial charge is 0.435 e. The third-order valence-electron chi connectivity index (χ3n) is 4.63. The predicted molar refractivity (Wildman–Crippen MR) is 127 cm³/mol. The van der Waals surface area contributed by atoms with Gasteiger partial charge >= 0.3 is 12.1 Å². The van der Waals surface area contributed by atoms with Crippen molar-refractivity contribution in [3.05, 3.63) is 62.8 Å². The average molecular weight is 557 g/mol. The SMILES string of the molecule is COC(=O)[C@H](CNC(=O)c1cccs1)NC(=O)c1sc(NC(=O)Cc2cccc(O)c2)nc1C(F)(F)F. The van der Waals surface area contributed by atoms with Crippen molar-refractivity contribution in [2.24, 2.45) is 0 Å². The number of aromatic hydroxyl groups is 1. The number of hydrogen-bond donors (Lipinski definition) is 4. The van der Waals surface area contributed by atoms with Gasteiger partial charge in [-0.3, -0.25) is 14.4 Å². The summed E-state index contributed by atoms with van der Waals surface area (Å²) in [6.07, 6.45) is -5.32. The lowest BCUT2D eigenvalue weighted by Gasteiger charge is -2.17. The van der Waals surface area contributed by atoms with Crippen LogP contribution in [-0.2, 0) is 26.9 Å². The van der Waals surface area contributed by atoms with E-state index in [0.717, 1.165) is 18.4 Å². The second-order valence-electron chi connectivity index (χ2n) is 7.33. The molecular weight excluding hydrogens is 537 g/mol. The Balaban J connectivity index is 1.75. The lowest BCUT2D eigenvalue weighted by Crippen LogP contribution is -2.49. The Morgan fingerprint density at radius 2 is 1.89 bits per heavy atom. The Bertz CT molecular complexity index is 1290. The molecule has 1 aromatic carbocycles. The third kappa shape index (κ3) is 7.50. The number of alkyl halides is 3. The molecule has 2 aromatic heterocycles. The number of nitrogens with zero attached hydrogens (tertiary/aromatic N) is 1. The molecule has 0 bridgehead atoms. The molecule has 3 amide bonds. The van der Waals surface area contributed by atoms with Crippen molar-refractivity contribution in [2.45, 2.75) is 18.6 Å². The number of nitrogens with one attached hydrogen (secondary N) is 3. The van der Waals surface area contributed by atoms with Crippen LogP contribution in [0.4, 0.5) is 18.3 Å². The topological polar surface area (TPSA) is 147 Å². The van der Waals surface area contributed by atoms with E-state index in [0.29, 0.717) is 10.4 Å². The van der Waals surface area contributed by atoms with E-state index < -0.39 is 58.2 Å². The summed E-state index contributed by atoms with van der Waals surface area (Å²) in [5, 5.41) is 17.4. The van der Waals surface area contributed by atoms with E-state index in [4.69, 9.17) is 0 Å². The maximum Gasteiger partial charge on any atom is 0.435 e. The monoisotopic (exact) mass is 556 g/mol. The molecular formula is C22H19F3N4O6S2. The molecule has 0 spiro atoms. The van der Waals surface area contributed by atoms with E-state index in [1.54, 1.807) is 11.4 Å². The molecule has 0 aliphatic rings. The van der Waals surface area contributed by atoms with Gasteiger partial charge < -0.3 is 25.8 Å². The van der Waals surface area contributed by atoms with Crippen LogP contribution in [0, 0.1) is 0 Å². The number of hydrogen-bond acceptors (Lipinski definition) is 9. The second-order valence-corrected chi connectivity index (χ2v) is 9.27. The molecule has 0 radical (unpaired) electrons. The van der Waals surface area contributed by atoms with Crippen LogP contribution in [0.1, 0.15) is 30.6 Å². The fourth-order valence-corrected chi connectivity index (χ4v) is 4.53. The number of aromatic nitrogens is 1. The number of thiazole rings is 1. The maximum atomic E-state index is 13.6. The van der Waals surface area contributed by atoms with Crippen molar-refractivity contribution < 1.29 is 42.2 Å². The standard InChI is InChI=1S/C22H19F3N4O6S2/c1-35-20(34)13(10-26-18(32)14-6-3-7-36-14)27-19(33)16-17(22(23,24)25)29-21(37-16)28-15(31)9-11-4-2-5-12(30)8-11/h2-8,13,30H,9-10H2,1H3,(H,26,32)(H,27,33)(H,28,29,31)/t13-/m0/s1. The second kappa shape index (κ2) is 11.8. The Morgan fingerprint density at radius 1 is 1.14 bits per heavy atom. The normalized spacial score (nSPS) is 11.9. The van der Waals surface area contributed by atoms with Crippen molar-refractivity contribution >= 4 is 51.5 Å². The molecule has 0 saturated carbocycles. The minimum Gasteiger partial charge on any atom is -0.508 e. The number of rotatable bonds is 9. The zero-order valence-electron chi connectivity index (χ0n) is 18.9. The molecule has 196 valence electrons. The fourth-order valence-electron chi connectivity index (χ4n) is 2.98. The molecule has 4 N–H and O–H groups in total. The van der Waals surface area contributed by atoms with Crippen molar-refractivity contribution in [3.8, 4) is 5.75 Å². The van der Waals surface area contributed by atoms with Crippen LogP contribution in [0.3, 0.4) is 0 Å². The highest BCUT2D eigenvalue weighted by molar-refractivity contribution is 7.17. The van der Waals surface area contributed by atoms with E-state index in [-0.39, 0.29) is 23.5 Å². The van der Waals surface area contributed by atoms with Gasteiger partial charge in [0.1, 0.15) is 16.7 Å². The van der Waals surface area contributed by atoms with Crippen LogP contribution >= 0.6 is 22.7 Å². The summed E-state index contributed by atoms with van der Waals surface area (Å²) in [6.45, 7) is -0.456. The highest BCUT2D eigenvalue weighted by Gasteiger charge is 2.40. The lowest BCUT2D eigenvalue weighted by atomic mass is 10.1. The van der Waals surface area contributed by atoms with Gasteiger partial charge in [0.25, 0.3) is 11.8 Å². The summed E-state index contributed by atoms with van der Waals surface area (Å²) in [5.41, 5.74) is -1.16. The Hall–Kier alpha value is -3.98. The number of ether oxygens (including phenoxy) is 1. The lowest BCUT2D eigenvalue weighted by molar-refractivity contribution is -0.142. The van der Waals surface area contributed by atoms with Crippen molar-refractivity contribution in [1.29, 1.82) is 0 Å². The van der Waals surface area contributed by atoms with Gasteiger partial charge in [0.2, 0.25) is 5.91 Å². The minimum atomic E-state index is -5.05. The number of methoxy groups -OCH3 is 1. The number of phenolic OH excluding ortho intramolecular Hbond substituents is 1. The van der Waals surface area contributed by atoms with Crippen molar-refractivity contribution in [3.63, 3.8) is 0 Å². The molecule has 0 unspecified atom stereocenters. The molecule has 10 nitrogen and oxygen atoms in total. The summed E-state index contributed by atoms with van der Waals surface area (Å²) >= 11 is 1.38. The number of esters is 1. The number of carbonyl (C=O) groups is 4. The van der Waals surface area contributed by atoms with Gasteiger partial charge in [0.05, 0.1) is 18.4 Å². The molecule has 0 fully saturated rings. The molecule has 3 aromatic rings. The van der Waals surface area contributed by atoms with Gasteiger partial charge in [-0.05, 0) is 29.1 Å². The molecule has 37 heavy (non-hydrogen) atoms. The van der Waals surface area contributed by atoms with Crippen molar-refractivity contribution in [1.82, 2.24) is 15.6 Å². The zero-order valence-corrected chi connectivity index (χ0v) is 20.6. The average Bonchev–Trinajstić information content (AvgIpc) is 3.51. The third-order valence-corrected chi connectivity index (χ3v) is 6.46. The van der Waals surface area contributed by atoms with Crippen LogP contribution in [0.15, 0.2) is 41.8 Å². The van der Waals surface area contributed by atoms with Crippen LogP contribution in [0.2, 0.25) is 0 Å². The number of benzene rings is 1. The number of amides is 3. The van der Waals surface area contributed by atoms with Gasteiger partial charge in [0.15, 0.2) is 10.8 Å². The van der Waals surface area contributed by atoms with E-state index in [9.17, 15) is 37.5 Å². The highest BCUT2D eigenvalue weighted by Crippen LogP contribution is 2.36. The fraction of sp³-hybridized carbons (Fsp3) is 0.227. The summed E-state index contributed by atoms with van der Waals surface area (Å²) in [4.78, 5) is 52.0. The first-order valence-corrected chi connectivity index (χ1v) is 12.0. The molecule has 3 rings (SSSR count). The summed E-state index contributed by atoms with van der Waals surface area (Å²) in [5.74, 6) is -3.69. The van der Waals surface area contributed by atoms with Gasteiger partial charge in [-0.2, -0.15) is 13.2 Å². The number of phenols is 1. The van der Waals surface area contributed by atoms with E-state index >= 15 is 0 Å². The van der Waals surface area contributed by atoms with Gasteiger partial charge in [-0.25, -0.2) is 9.78 Å². The van der Waals surface area contributed by atoms with Gasteiger partial charge in [-0.15, -0.1) is 11.3 Å². The maximum absolute atomic E-state index is 13.6. The molecule has 15 heteroatoms. The first kappa shape index (κ1) is 27.6. The van der Waals surface area contributed by atoms with Crippen LogP contribution < -0.4 is 16.0 Å². The molecule has 0 aliphatic heterocycles. The van der Waals surface area contributed by atoms with E-state index in [1.165, 1.54) is 30.3 Å². The van der Waals surface area contributed by atoms with Crippen LogP contribution in [0.5, 0.6) is 5.75 Å². The Morgan fingerprint density at radius 3 is 2.51 bits per heavy atom. The van der Waals surface area contributed by atoms with Gasteiger partial charge in [0, 0.05) is 6.54 Å². The van der Waals surface area contributed by atoms with E-state index in [1.807, 2.05) is 0 Å². The Labute approximate surface area is 215 Å². The van der Waals surface area contributed by atoms with E-state index in [2.05, 4.69) is 25.7 Å². The first-order chi connectivity index (χ1) is 17.5. The molecule has 0 saturated heterocycles. The first-order valence-electron chi connectivity index (χ1n) is 10.3.